The van der Waals surface area contributed by atoms with E-state index >= 15 is 0 Å². The van der Waals surface area contributed by atoms with E-state index in [1.165, 1.54) is 16.8 Å². The van der Waals surface area contributed by atoms with E-state index in [1.54, 1.807) is 26.2 Å². The zero-order valence-electron chi connectivity index (χ0n) is 16.5. The maximum atomic E-state index is 12.8. The quantitative estimate of drug-likeness (QED) is 0.506. The second-order valence-corrected chi connectivity index (χ2v) is 6.65. The van der Waals surface area contributed by atoms with Crippen LogP contribution in [0, 0.1) is 24.0 Å². The summed E-state index contributed by atoms with van der Waals surface area (Å²) >= 11 is 0. The molecule has 0 saturated carbocycles. The van der Waals surface area contributed by atoms with Crippen LogP contribution in [0.25, 0.3) is 5.69 Å². The van der Waals surface area contributed by atoms with E-state index in [4.69, 9.17) is 4.74 Å². The van der Waals surface area contributed by atoms with Crippen LogP contribution in [0.1, 0.15) is 40.3 Å². The molecule has 0 aliphatic heterocycles. The fourth-order valence-electron chi connectivity index (χ4n) is 3.06. The molecule has 150 valence electrons. The smallest absolute Gasteiger partial charge is 0.274 e. The molecule has 2 aromatic carbocycles. The van der Waals surface area contributed by atoms with Gasteiger partial charge in [-0.3, -0.25) is 14.9 Å². The number of amides is 1. The number of nitro groups is 1. The summed E-state index contributed by atoms with van der Waals surface area (Å²) in [5, 5.41) is 21.9. The molecule has 0 saturated heterocycles. The Labute approximate surface area is 167 Å². The molecule has 1 unspecified atom stereocenters. The van der Waals surface area contributed by atoms with Crippen molar-refractivity contribution in [1.82, 2.24) is 20.3 Å². The van der Waals surface area contributed by atoms with Crippen molar-refractivity contribution in [2.75, 3.05) is 7.11 Å². The molecule has 9 heteroatoms. The van der Waals surface area contributed by atoms with Crippen LogP contribution in [-0.2, 0) is 0 Å². The van der Waals surface area contributed by atoms with Gasteiger partial charge in [-0.15, -0.1) is 5.10 Å². The lowest BCUT2D eigenvalue weighted by atomic mass is 10.0. The first kappa shape index (κ1) is 20.0. The van der Waals surface area contributed by atoms with Gasteiger partial charge in [-0.05, 0) is 32.9 Å². The molecule has 1 amide bonds. The molecular formula is C20H21N5O4. The van der Waals surface area contributed by atoms with E-state index in [9.17, 15) is 14.9 Å². The number of hydrogen-bond donors (Lipinski definition) is 1. The molecule has 3 rings (SSSR count). The molecule has 1 heterocycles. The molecule has 1 atom stereocenters. The van der Waals surface area contributed by atoms with Crippen LogP contribution in [0.2, 0.25) is 0 Å². The number of nitrogens with zero attached hydrogens (tertiary/aromatic N) is 4. The molecule has 0 aliphatic rings. The first-order valence-electron chi connectivity index (χ1n) is 8.94. The van der Waals surface area contributed by atoms with Gasteiger partial charge in [0.05, 0.1) is 29.5 Å². The zero-order valence-corrected chi connectivity index (χ0v) is 16.5. The lowest BCUT2D eigenvalue weighted by Gasteiger charge is -2.17. The number of carbonyl (C=O) groups excluding carboxylic acids is 1. The summed E-state index contributed by atoms with van der Waals surface area (Å²) in [6, 6.07) is 11.4. The molecule has 1 aromatic heterocycles. The predicted octanol–water partition coefficient (Wildman–Crippen LogP) is 3.29. The van der Waals surface area contributed by atoms with Crippen LogP contribution in [-0.4, -0.2) is 32.9 Å². The molecule has 29 heavy (non-hydrogen) atoms. The Hall–Kier alpha value is -3.75. The topological polar surface area (TPSA) is 112 Å². The molecule has 0 fully saturated rings. The van der Waals surface area contributed by atoms with Crippen molar-refractivity contribution in [2.24, 2.45) is 0 Å². The lowest BCUT2D eigenvalue weighted by molar-refractivity contribution is -0.384. The van der Waals surface area contributed by atoms with Crippen LogP contribution in [0.4, 0.5) is 5.69 Å². The van der Waals surface area contributed by atoms with Crippen molar-refractivity contribution in [2.45, 2.75) is 26.8 Å². The van der Waals surface area contributed by atoms with Gasteiger partial charge in [-0.2, -0.15) is 0 Å². The second-order valence-electron chi connectivity index (χ2n) is 6.65. The van der Waals surface area contributed by atoms with E-state index in [0.29, 0.717) is 17.1 Å². The summed E-state index contributed by atoms with van der Waals surface area (Å²) in [6.45, 7) is 5.51. The highest BCUT2D eigenvalue weighted by Crippen LogP contribution is 2.26. The number of ether oxygens (including phenoxy) is 1. The van der Waals surface area contributed by atoms with Gasteiger partial charge in [0.25, 0.3) is 11.6 Å². The van der Waals surface area contributed by atoms with Gasteiger partial charge in [0.1, 0.15) is 5.75 Å². The van der Waals surface area contributed by atoms with E-state index < -0.39 is 10.8 Å². The molecule has 1 N–H and O–H groups in total. The first-order chi connectivity index (χ1) is 13.8. The zero-order chi connectivity index (χ0) is 21.1. The normalized spacial score (nSPS) is 11.7. The van der Waals surface area contributed by atoms with Crippen molar-refractivity contribution in [3.63, 3.8) is 0 Å². The fourth-order valence-corrected chi connectivity index (χ4v) is 3.06. The number of benzene rings is 2. The van der Waals surface area contributed by atoms with E-state index in [0.717, 1.165) is 11.1 Å². The van der Waals surface area contributed by atoms with Gasteiger partial charge in [-0.25, -0.2) is 4.68 Å². The highest BCUT2D eigenvalue weighted by Gasteiger charge is 2.21. The standard InChI is InChI=1S/C20H21N5O4/c1-12-8-9-18(29-4)17(10-12)13(2)21-20(26)19-14(3)24(23-22-19)15-6-5-7-16(11-15)25(27)28/h5-11,13H,1-4H3,(H,21,26). The minimum Gasteiger partial charge on any atom is -0.496 e. The number of nitro benzene ring substituents is 1. The monoisotopic (exact) mass is 395 g/mol. The van der Waals surface area contributed by atoms with Crippen LogP contribution < -0.4 is 10.1 Å². The maximum absolute atomic E-state index is 12.8. The Morgan fingerprint density at radius 1 is 1.24 bits per heavy atom. The number of rotatable bonds is 6. The number of hydrogen-bond acceptors (Lipinski definition) is 6. The van der Waals surface area contributed by atoms with Crippen molar-refractivity contribution < 1.29 is 14.5 Å². The number of non-ortho nitro benzene ring substituents is 1. The van der Waals surface area contributed by atoms with Gasteiger partial charge in [0.2, 0.25) is 0 Å². The molecule has 9 nitrogen and oxygen atoms in total. The summed E-state index contributed by atoms with van der Waals surface area (Å²) in [4.78, 5) is 23.3. The summed E-state index contributed by atoms with van der Waals surface area (Å²) in [5.74, 6) is 0.288. The average molecular weight is 395 g/mol. The Bertz CT molecular complexity index is 1080. The Morgan fingerprint density at radius 3 is 2.69 bits per heavy atom. The number of carbonyl (C=O) groups is 1. The third-order valence-electron chi connectivity index (χ3n) is 4.59. The second kappa shape index (κ2) is 8.09. The van der Waals surface area contributed by atoms with Gasteiger partial charge in [-0.1, -0.05) is 29.0 Å². The molecule has 0 aliphatic carbocycles. The minimum atomic E-state index is -0.486. The summed E-state index contributed by atoms with van der Waals surface area (Å²) in [6.07, 6.45) is 0. The highest BCUT2D eigenvalue weighted by molar-refractivity contribution is 5.93. The van der Waals surface area contributed by atoms with Crippen LogP contribution >= 0.6 is 0 Å². The SMILES string of the molecule is COc1ccc(C)cc1C(C)NC(=O)c1nnn(-c2cccc([N+](=O)[O-])c2)c1C. The Kier molecular flexibility index (Phi) is 5.58. The van der Waals surface area contributed by atoms with Gasteiger partial charge < -0.3 is 10.1 Å². The third kappa shape index (κ3) is 4.08. The average Bonchev–Trinajstić information content (AvgIpc) is 3.09. The minimum absolute atomic E-state index is 0.0661. The molecular weight excluding hydrogens is 374 g/mol. The molecule has 0 spiro atoms. The molecule has 3 aromatic rings. The lowest BCUT2D eigenvalue weighted by Crippen LogP contribution is -2.28. The van der Waals surface area contributed by atoms with Gasteiger partial charge in [0, 0.05) is 17.7 Å². The van der Waals surface area contributed by atoms with Gasteiger partial charge in [0.15, 0.2) is 5.69 Å². The van der Waals surface area contributed by atoms with Crippen LogP contribution in [0.3, 0.4) is 0 Å². The van der Waals surface area contributed by atoms with Crippen molar-refractivity contribution in [3.8, 4) is 11.4 Å². The predicted molar refractivity (Wildman–Crippen MR) is 106 cm³/mol. The summed E-state index contributed by atoms with van der Waals surface area (Å²) in [5.41, 5.74) is 2.92. The van der Waals surface area contributed by atoms with Crippen molar-refractivity contribution >= 4 is 11.6 Å². The van der Waals surface area contributed by atoms with Crippen molar-refractivity contribution in [1.29, 1.82) is 0 Å². The highest BCUT2D eigenvalue weighted by atomic mass is 16.6. The first-order valence-corrected chi connectivity index (χ1v) is 8.94. The maximum Gasteiger partial charge on any atom is 0.274 e. The van der Waals surface area contributed by atoms with E-state index in [-0.39, 0.29) is 17.4 Å². The number of aryl methyl sites for hydroxylation is 1. The molecule has 0 radical (unpaired) electrons. The fraction of sp³-hybridized carbons (Fsp3) is 0.250. The van der Waals surface area contributed by atoms with E-state index in [1.807, 2.05) is 32.0 Å². The molecule has 0 bridgehead atoms. The van der Waals surface area contributed by atoms with Gasteiger partial charge >= 0.3 is 0 Å². The largest absolute Gasteiger partial charge is 0.496 e. The summed E-state index contributed by atoms with van der Waals surface area (Å²) in [7, 11) is 1.58. The number of methoxy groups -OCH3 is 1. The summed E-state index contributed by atoms with van der Waals surface area (Å²) < 4.78 is 6.79. The Morgan fingerprint density at radius 2 is 2.00 bits per heavy atom. The Balaban J connectivity index is 1.85. The van der Waals surface area contributed by atoms with Crippen molar-refractivity contribution in [3.05, 3.63) is 75.1 Å². The third-order valence-corrected chi connectivity index (χ3v) is 4.59. The van der Waals surface area contributed by atoms with E-state index in [2.05, 4.69) is 15.6 Å². The van der Waals surface area contributed by atoms with Crippen LogP contribution in [0.15, 0.2) is 42.5 Å². The number of nitrogens with one attached hydrogen (secondary N) is 1. The number of aromatic nitrogens is 3. The van der Waals surface area contributed by atoms with Crippen LogP contribution in [0.5, 0.6) is 5.75 Å².